The Hall–Kier alpha value is -1.79. The van der Waals surface area contributed by atoms with Crippen molar-refractivity contribution in [3.8, 4) is 0 Å². The lowest BCUT2D eigenvalue weighted by Gasteiger charge is -2.42. The molecule has 2 aromatic heterocycles. The van der Waals surface area contributed by atoms with E-state index >= 15 is 0 Å². The average molecular weight is 299 g/mol. The highest BCUT2D eigenvalue weighted by Crippen LogP contribution is 2.37. The number of nitrogens with one attached hydrogen (secondary N) is 1. The molecule has 2 aliphatic carbocycles. The number of aryl methyl sites for hydroxylation is 1. The van der Waals surface area contributed by atoms with E-state index in [-0.39, 0.29) is 18.2 Å². The fraction of sp³-hybridized carbons (Fsp3) is 0.562. The van der Waals surface area contributed by atoms with E-state index in [0.717, 1.165) is 29.9 Å². The summed E-state index contributed by atoms with van der Waals surface area (Å²) in [4.78, 5) is 8.88. The van der Waals surface area contributed by atoms with E-state index in [0.29, 0.717) is 5.92 Å². The number of aliphatic hydroxyl groups excluding tert-OH is 1. The third-order valence-electron chi connectivity index (χ3n) is 4.57. The number of nitrogens with zero attached hydrogens (tertiary/aromatic N) is 4. The molecule has 0 saturated heterocycles. The Balaban J connectivity index is 1.36. The Morgan fingerprint density at radius 3 is 2.64 bits per heavy atom. The van der Waals surface area contributed by atoms with Crippen LogP contribution >= 0.6 is 0 Å². The van der Waals surface area contributed by atoms with Crippen molar-refractivity contribution in [2.24, 2.45) is 0 Å². The second kappa shape index (κ2) is 5.44. The van der Waals surface area contributed by atoms with Gasteiger partial charge >= 0.3 is 0 Å². The molecule has 22 heavy (non-hydrogen) atoms. The number of rotatable bonds is 5. The maximum Gasteiger partial charge on any atom is 0.131 e. The van der Waals surface area contributed by atoms with Crippen molar-refractivity contribution in [2.75, 3.05) is 0 Å². The highest BCUT2D eigenvalue weighted by atomic mass is 16.3. The first-order chi connectivity index (χ1) is 10.7. The number of aromatic nitrogens is 4. The molecule has 2 fully saturated rings. The Labute approximate surface area is 129 Å². The monoisotopic (exact) mass is 299 g/mol. The molecule has 4 rings (SSSR count). The van der Waals surface area contributed by atoms with Crippen molar-refractivity contribution in [1.29, 1.82) is 0 Å². The molecule has 0 amide bonds. The van der Waals surface area contributed by atoms with Crippen LogP contribution in [0.4, 0.5) is 0 Å². The van der Waals surface area contributed by atoms with Gasteiger partial charge in [-0.1, -0.05) is 0 Å². The summed E-state index contributed by atoms with van der Waals surface area (Å²) in [6.07, 6.45) is 10.5. The van der Waals surface area contributed by atoms with Crippen LogP contribution in [0.3, 0.4) is 0 Å². The van der Waals surface area contributed by atoms with Crippen LogP contribution in [0, 0.1) is 6.92 Å². The highest BCUT2D eigenvalue weighted by Gasteiger charge is 2.41. The minimum atomic E-state index is -0.328. The molecule has 6 nitrogen and oxygen atoms in total. The number of hydrogen-bond acceptors (Lipinski definition) is 5. The van der Waals surface area contributed by atoms with Gasteiger partial charge in [0.15, 0.2) is 0 Å². The van der Waals surface area contributed by atoms with E-state index in [1.54, 1.807) is 0 Å². The van der Waals surface area contributed by atoms with Gasteiger partial charge in [-0.3, -0.25) is 4.68 Å². The van der Waals surface area contributed by atoms with E-state index in [2.05, 4.69) is 20.4 Å². The summed E-state index contributed by atoms with van der Waals surface area (Å²) in [6, 6.07) is 0.248. The van der Waals surface area contributed by atoms with Gasteiger partial charge in [0.2, 0.25) is 0 Å². The minimum absolute atomic E-state index is 0.0142. The van der Waals surface area contributed by atoms with Crippen molar-refractivity contribution >= 4 is 0 Å². The van der Waals surface area contributed by atoms with Gasteiger partial charge in [-0.05, 0) is 31.7 Å². The Morgan fingerprint density at radius 1 is 1.27 bits per heavy atom. The minimum Gasteiger partial charge on any atom is -0.391 e. The first-order valence-corrected chi connectivity index (χ1v) is 7.94. The second-order valence-electron chi connectivity index (χ2n) is 6.50. The molecule has 2 aromatic rings. The first-order valence-electron chi connectivity index (χ1n) is 7.94. The van der Waals surface area contributed by atoms with Crippen molar-refractivity contribution in [1.82, 2.24) is 25.1 Å². The van der Waals surface area contributed by atoms with Gasteiger partial charge in [0.05, 0.1) is 18.3 Å². The van der Waals surface area contributed by atoms with Gasteiger partial charge in [-0.25, -0.2) is 9.97 Å². The summed E-state index contributed by atoms with van der Waals surface area (Å²) < 4.78 is 1.87. The third kappa shape index (κ3) is 2.64. The summed E-state index contributed by atoms with van der Waals surface area (Å²) in [5, 5.41) is 17.8. The molecule has 0 spiro atoms. The molecule has 116 valence electrons. The van der Waals surface area contributed by atoms with Crippen LogP contribution in [0.2, 0.25) is 0 Å². The molecule has 3 atom stereocenters. The maximum atomic E-state index is 10.0. The van der Waals surface area contributed by atoms with Crippen molar-refractivity contribution in [2.45, 2.75) is 56.8 Å². The lowest BCUT2D eigenvalue weighted by Crippen LogP contribution is -2.54. The summed E-state index contributed by atoms with van der Waals surface area (Å²) in [5.41, 5.74) is 2.20. The van der Waals surface area contributed by atoms with Crippen LogP contribution in [-0.4, -0.2) is 37.0 Å². The normalized spacial score (nSPS) is 27.6. The molecule has 0 unspecified atom stereocenters. The molecular formula is C16H21N5O. The SMILES string of the molecule is Cc1cnn([C@H]2[C@H](O)C[C@@H]2NCc2cnc(C3CC3)nc2)c1. The summed E-state index contributed by atoms with van der Waals surface area (Å²) >= 11 is 0. The molecule has 0 radical (unpaired) electrons. The van der Waals surface area contributed by atoms with Crippen molar-refractivity contribution in [3.05, 3.63) is 41.7 Å². The molecule has 6 heteroatoms. The van der Waals surface area contributed by atoms with Gasteiger partial charge in [0.25, 0.3) is 0 Å². The molecule has 0 bridgehead atoms. The molecule has 2 aliphatic rings. The average Bonchev–Trinajstić information content (AvgIpc) is 3.27. The molecule has 0 aliphatic heterocycles. The highest BCUT2D eigenvalue weighted by molar-refractivity contribution is 5.12. The lowest BCUT2D eigenvalue weighted by atomic mass is 9.83. The fourth-order valence-electron chi connectivity index (χ4n) is 3.03. The van der Waals surface area contributed by atoms with Gasteiger partial charge in [0, 0.05) is 42.7 Å². The number of aliphatic hydroxyl groups is 1. The van der Waals surface area contributed by atoms with Crippen LogP contribution in [0.5, 0.6) is 0 Å². The molecule has 2 N–H and O–H groups in total. The van der Waals surface area contributed by atoms with Crippen molar-refractivity contribution in [3.63, 3.8) is 0 Å². The first kappa shape index (κ1) is 13.8. The Bertz CT molecular complexity index is 649. The van der Waals surface area contributed by atoms with Gasteiger partial charge in [-0.15, -0.1) is 0 Å². The zero-order valence-electron chi connectivity index (χ0n) is 12.7. The molecular weight excluding hydrogens is 278 g/mol. The van der Waals surface area contributed by atoms with E-state index in [1.807, 2.05) is 36.4 Å². The van der Waals surface area contributed by atoms with Crippen LogP contribution < -0.4 is 5.32 Å². The molecule has 2 saturated carbocycles. The van der Waals surface area contributed by atoms with Crippen LogP contribution in [0.1, 0.15) is 48.2 Å². The van der Waals surface area contributed by atoms with E-state index in [9.17, 15) is 5.11 Å². The molecule has 0 aromatic carbocycles. The zero-order chi connectivity index (χ0) is 15.1. The quantitative estimate of drug-likeness (QED) is 0.871. The number of hydrogen-bond donors (Lipinski definition) is 2. The summed E-state index contributed by atoms with van der Waals surface area (Å²) in [5.74, 6) is 1.57. The van der Waals surface area contributed by atoms with Gasteiger partial charge in [0.1, 0.15) is 5.82 Å². The van der Waals surface area contributed by atoms with Crippen LogP contribution in [0.15, 0.2) is 24.8 Å². The van der Waals surface area contributed by atoms with Crippen molar-refractivity contribution < 1.29 is 5.11 Å². The second-order valence-corrected chi connectivity index (χ2v) is 6.50. The molecule has 2 heterocycles. The van der Waals surface area contributed by atoms with E-state index in [1.165, 1.54) is 12.8 Å². The summed E-state index contributed by atoms with van der Waals surface area (Å²) in [6.45, 7) is 2.73. The summed E-state index contributed by atoms with van der Waals surface area (Å²) in [7, 11) is 0. The lowest BCUT2D eigenvalue weighted by molar-refractivity contribution is -0.00825. The van der Waals surface area contributed by atoms with E-state index < -0.39 is 0 Å². The Morgan fingerprint density at radius 2 is 2.05 bits per heavy atom. The predicted octanol–water partition coefficient (Wildman–Crippen LogP) is 1.32. The predicted molar refractivity (Wildman–Crippen MR) is 81.3 cm³/mol. The topological polar surface area (TPSA) is 75.9 Å². The van der Waals surface area contributed by atoms with E-state index in [4.69, 9.17) is 0 Å². The fourth-order valence-corrected chi connectivity index (χ4v) is 3.03. The zero-order valence-corrected chi connectivity index (χ0v) is 12.7. The largest absolute Gasteiger partial charge is 0.391 e. The maximum absolute atomic E-state index is 10.0. The Kier molecular flexibility index (Phi) is 3.43. The third-order valence-corrected chi connectivity index (χ3v) is 4.57. The van der Waals surface area contributed by atoms with Crippen LogP contribution in [-0.2, 0) is 6.54 Å². The standard InChI is InChI=1S/C16H21N5O/c1-10-5-20-21(9-10)15-13(4-14(15)22)17-6-11-7-18-16(19-8-11)12-2-3-12/h5,7-9,12-15,17,22H,2-4,6H2,1H3/t13-,14+,15+/m0/s1. The van der Waals surface area contributed by atoms with Crippen LogP contribution in [0.25, 0.3) is 0 Å². The van der Waals surface area contributed by atoms with Gasteiger partial charge in [-0.2, -0.15) is 5.10 Å². The smallest absolute Gasteiger partial charge is 0.131 e. The van der Waals surface area contributed by atoms with Gasteiger partial charge < -0.3 is 10.4 Å².